The second-order valence-corrected chi connectivity index (χ2v) is 6.84. The fourth-order valence-corrected chi connectivity index (χ4v) is 2.34. The van der Waals surface area contributed by atoms with E-state index in [2.05, 4.69) is 37.5 Å². The fraction of sp³-hybridized carbons (Fsp3) is 0.211. The molecule has 0 atom stereocenters. The molecule has 0 saturated heterocycles. The summed E-state index contributed by atoms with van der Waals surface area (Å²) in [6.07, 6.45) is 0. The van der Waals surface area contributed by atoms with Gasteiger partial charge in [0, 0.05) is 11.3 Å². The summed E-state index contributed by atoms with van der Waals surface area (Å²) in [6, 6.07) is 16.4. The quantitative estimate of drug-likeness (QED) is 0.814. The Morgan fingerprint density at radius 1 is 1.12 bits per heavy atom. The van der Waals surface area contributed by atoms with Crippen LogP contribution in [0.15, 0.2) is 48.5 Å². The Labute approximate surface area is 147 Å². The molecule has 0 aromatic heterocycles. The molecule has 2 aromatic rings. The van der Waals surface area contributed by atoms with Crippen LogP contribution in [0, 0.1) is 11.3 Å². The Bertz CT molecular complexity index is 799. The maximum absolute atomic E-state index is 12.2. The molecule has 122 valence electrons. The Balaban J connectivity index is 2.01. The third-order valence-corrected chi connectivity index (χ3v) is 3.69. The highest BCUT2D eigenvalue weighted by Gasteiger charge is 2.14. The zero-order valence-corrected chi connectivity index (χ0v) is 14.7. The van der Waals surface area contributed by atoms with Gasteiger partial charge in [-0.15, -0.1) is 0 Å². The maximum atomic E-state index is 12.2. The molecule has 0 aliphatic carbocycles. The molecular formula is C19H19N3OS. The first-order chi connectivity index (χ1) is 11.3. The summed E-state index contributed by atoms with van der Waals surface area (Å²) in [4.78, 5) is 12.2. The molecule has 24 heavy (non-hydrogen) atoms. The van der Waals surface area contributed by atoms with E-state index in [0.29, 0.717) is 16.8 Å². The summed E-state index contributed by atoms with van der Waals surface area (Å²) in [7, 11) is 0. The lowest BCUT2D eigenvalue weighted by Gasteiger charge is -2.19. The zero-order valence-electron chi connectivity index (χ0n) is 13.9. The Kier molecular flexibility index (Phi) is 5.32. The van der Waals surface area contributed by atoms with Gasteiger partial charge in [0.25, 0.3) is 5.91 Å². The Hall–Kier alpha value is -2.71. The van der Waals surface area contributed by atoms with Crippen LogP contribution in [0.25, 0.3) is 0 Å². The number of nitrogens with one attached hydrogen (secondary N) is 2. The van der Waals surface area contributed by atoms with Crippen molar-refractivity contribution in [3.63, 3.8) is 0 Å². The minimum atomic E-state index is -0.274. The summed E-state index contributed by atoms with van der Waals surface area (Å²) in [5.41, 5.74) is 2.91. The van der Waals surface area contributed by atoms with Crippen LogP contribution in [0.5, 0.6) is 0 Å². The lowest BCUT2D eigenvalue weighted by atomic mass is 9.87. The van der Waals surface area contributed by atoms with Gasteiger partial charge in [-0.1, -0.05) is 39.0 Å². The van der Waals surface area contributed by atoms with Crippen LogP contribution in [-0.2, 0) is 5.41 Å². The van der Waals surface area contributed by atoms with Crippen molar-refractivity contribution in [1.29, 1.82) is 5.26 Å². The van der Waals surface area contributed by atoms with Crippen molar-refractivity contribution < 1.29 is 4.79 Å². The largest absolute Gasteiger partial charge is 0.332 e. The van der Waals surface area contributed by atoms with Crippen molar-refractivity contribution in [2.24, 2.45) is 0 Å². The van der Waals surface area contributed by atoms with Crippen LogP contribution in [0.3, 0.4) is 0 Å². The van der Waals surface area contributed by atoms with Gasteiger partial charge in [0.1, 0.15) is 0 Å². The van der Waals surface area contributed by atoms with Crippen LogP contribution in [0.2, 0.25) is 0 Å². The molecule has 4 nitrogen and oxygen atoms in total. The van der Waals surface area contributed by atoms with Gasteiger partial charge in [-0.3, -0.25) is 10.1 Å². The maximum Gasteiger partial charge on any atom is 0.257 e. The molecule has 0 aliphatic heterocycles. The van der Waals surface area contributed by atoms with E-state index in [4.69, 9.17) is 17.5 Å². The highest BCUT2D eigenvalue weighted by molar-refractivity contribution is 7.80. The Morgan fingerprint density at radius 2 is 1.79 bits per heavy atom. The van der Waals surface area contributed by atoms with Gasteiger partial charge in [-0.2, -0.15) is 5.26 Å². The van der Waals surface area contributed by atoms with Gasteiger partial charge in [-0.25, -0.2) is 0 Å². The Morgan fingerprint density at radius 3 is 2.38 bits per heavy atom. The normalized spacial score (nSPS) is 10.6. The van der Waals surface area contributed by atoms with E-state index in [1.807, 2.05) is 12.1 Å². The van der Waals surface area contributed by atoms with Gasteiger partial charge in [0.05, 0.1) is 11.6 Å². The van der Waals surface area contributed by atoms with Crippen LogP contribution in [0.4, 0.5) is 5.69 Å². The van der Waals surface area contributed by atoms with E-state index < -0.39 is 0 Å². The van der Waals surface area contributed by atoms with Crippen LogP contribution in [0.1, 0.15) is 42.3 Å². The average molecular weight is 337 g/mol. The van der Waals surface area contributed by atoms with Crippen molar-refractivity contribution in [2.75, 3.05) is 5.32 Å². The van der Waals surface area contributed by atoms with Gasteiger partial charge < -0.3 is 5.32 Å². The number of carbonyl (C=O) groups is 1. The molecule has 2 rings (SSSR count). The molecule has 2 N–H and O–H groups in total. The first-order valence-electron chi connectivity index (χ1n) is 7.52. The lowest BCUT2D eigenvalue weighted by Crippen LogP contribution is -2.34. The highest BCUT2D eigenvalue weighted by atomic mass is 32.1. The number of amides is 1. The molecule has 0 heterocycles. The summed E-state index contributed by atoms with van der Waals surface area (Å²) in [6.45, 7) is 6.36. The number of anilines is 1. The molecule has 0 spiro atoms. The molecule has 0 bridgehead atoms. The summed E-state index contributed by atoms with van der Waals surface area (Å²) in [5.74, 6) is -0.274. The number of nitrogens with zero attached hydrogens (tertiary/aromatic N) is 1. The lowest BCUT2D eigenvalue weighted by molar-refractivity contribution is 0.0977. The van der Waals surface area contributed by atoms with E-state index in [1.165, 1.54) is 0 Å². The predicted molar refractivity (Wildman–Crippen MR) is 100.0 cm³/mol. The van der Waals surface area contributed by atoms with E-state index in [1.54, 1.807) is 36.4 Å². The van der Waals surface area contributed by atoms with E-state index in [0.717, 1.165) is 5.56 Å². The number of rotatable bonds is 2. The number of hydrogen-bond acceptors (Lipinski definition) is 3. The van der Waals surface area contributed by atoms with E-state index >= 15 is 0 Å². The first kappa shape index (κ1) is 17.6. The number of nitriles is 1. The molecule has 0 unspecified atom stereocenters. The number of benzene rings is 2. The molecule has 5 heteroatoms. The topological polar surface area (TPSA) is 64.9 Å². The average Bonchev–Trinajstić information content (AvgIpc) is 2.54. The smallest absolute Gasteiger partial charge is 0.257 e. The molecule has 0 fully saturated rings. The van der Waals surface area contributed by atoms with Crippen molar-refractivity contribution in [1.82, 2.24) is 5.32 Å². The van der Waals surface area contributed by atoms with Crippen LogP contribution < -0.4 is 10.6 Å². The number of hydrogen-bond donors (Lipinski definition) is 2. The predicted octanol–water partition coefficient (Wildman–Crippen LogP) is 3.98. The first-order valence-corrected chi connectivity index (χ1v) is 7.93. The standard InChI is InChI=1S/C19H19N3OS/c1-19(2,3)15-9-7-14(8-10-15)17(23)22-18(24)21-16-6-4-5-13(11-16)12-20/h4-11H,1-3H3,(H2,21,22,23,24). The SMILES string of the molecule is CC(C)(C)c1ccc(C(=O)NC(=S)Nc2cccc(C#N)c2)cc1. The van der Waals surface area contributed by atoms with Gasteiger partial charge in [-0.05, 0) is 53.5 Å². The second kappa shape index (κ2) is 7.24. The molecule has 2 aromatic carbocycles. The molecular weight excluding hydrogens is 318 g/mol. The van der Waals surface area contributed by atoms with Crippen LogP contribution in [-0.4, -0.2) is 11.0 Å². The van der Waals surface area contributed by atoms with Crippen LogP contribution >= 0.6 is 12.2 Å². The summed E-state index contributed by atoms with van der Waals surface area (Å²) < 4.78 is 0. The summed E-state index contributed by atoms with van der Waals surface area (Å²) >= 11 is 5.15. The monoisotopic (exact) mass is 337 g/mol. The number of thiocarbonyl (C=S) groups is 1. The van der Waals surface area contributed by atoms with Crippen molar-refractivity contribution in [3.05, 3.63) is 65.2 Å². The van der Waals surface area contributed by atoms with Gasteiger partial charge >= 0.3 is 0 Å². The summed E-state index contributed by atoms with van der Waals surface area (Å²) in [5, 5.41) is 14.6. The third-order valence-electron chi connectivity index (χ3n) is 3.49. The van der Waals surface area contributed by atoms with E-state index in [-0.39, 0.29) is 16.4 Å². The molecule has 0 saturated carbocycles. The zero-order chi connectivity index (χ0) is 17.7. The van der Waals surface area contributed by atoms with Crippen molar-refractivity contribution >= 4 is 28.9 Å². The molecule has 1 amide bonds. The van der Waals surface area contributed by atoms with E-state index in [9.17, 15) is 4.79 Å². The van der Waals surface area contributed by atoms with Gasteiger partial charge in [0.15, 0.2) is 5.11 Å². The van der Waals surface area contributed by atoms with Crippen molar-refractivity contribution in [2.45, 2.75) is 26.2 Å². The van der Waals surface area contributed by atoms with Crippen molar-refractivity contribution in [3.8, 4) is 6.07 Å². The molecule has 0 radical (unpaired) electrons. The second-order valence-electron chi connectivity index (χ2n) is 6.43. The molecule has 0 aliphatic rings. The third kappa shape index (κ3) is 4.64. The minimum absolute atomic E-state index is 0.0393. The minimum Gasteiger partial charge on any atom is -0.332 e. The van der Waals surface area contributed by atoms with Gasteiger partial charge in [0.2, 0.25) is 0 Å². The highest BCUT2D eigenvalue weighted by Crippen LogP contribution is 2.22. The fourth-order valence-electron chi connectivity index (χ4n) is 2.13. The number of carbonyl (C=O) groups excluding carboxylic acids is 1.